The molecule has 0 saturated heterocycles. The highest BCUT2D eigenvalue weighted by Crippen LogP contribution is 2.24. The maximum atomic E-state index is 12.0. The third kappa shape index (κ3) is 2.81. The summed E-state index contributed by atoms with van der Waals surface area (Å²) in [7, 11) is 0. The monoisotopic (exact) mass is 280 g/mol. The Bertz CT molecular complexity index is 599. The van der Waals surface area contributed by atoms with Crippen LogP contribution in [0.15, 0.2) is 36.7 Å². The summed E-state index contributed by atoms with van der Waals surface area (Å²) in [5.41, 5.74) is 1.94. The van der Waals surface area contributed by atoms with E-state index < -0.39 is 0 Å². The second-order valence-electron chi connectivity index (χ2n) is 3.79. The molecule has 1 aromatic carbocycles. The molecule has 2 aromatic rings. The van der Waals surface area contributed by atoms with Gasteiger partial charge >= 0.3 is 0 Å². The van der Waals surface area contributed by atoms with Crippen LogP contribution in [0.5, 0.6) is 0 Å². The average molecular weight is 281 g/mol. The first-order chi connectivity index (χ1) is 8.58. The van der Waals surface area contributed by atoms with Crippen LogP contribution in [0.4, 0.5) is 5.69 Å². The van der Waals surface area contributed by atoms with Crippen LogP contribution in [-0.4, -0.2) is 10.9 Å². The van der Waals surface area contributed by atoms with Crippen LogP contribution in [0, 0.1) is 6.92 Å². The van der Waals surface area contributed by atoms with Crippen LogP contribution in [0.3, 0.4) is 0 Å². The smallest absolute Gasteiger partial charge is 0.257 e. The molecule has 3 nitrogen and oxygen atoms in total. The SMILES string of the molecule is Cc1ccc(Cl)c(NC(=O)c2ccncc2Cl)c1. The van der Waals surface area contributed by atoms with Gasteiger partial charge in [0.15, 0.2) is 0 Å². The summed E-state index contributed by atoms with van der Waals surface area (Å²) in [5.74, 6) is -0.310. The van der Waals surface area contributed by atoms with E-state index in [0.717, 1.165) is 5.56 Å². The van der Waals surface area contributed by atoms with Crippen molar-refractivity contribution in [2.24, 2.45) is 0 Å². The summed E-state index contributed by atoms with van der Waals surface area (Å²) in [4.78, 5) is 15.8. The highest BCUT2D eigenvalue weighted by atomic mass is 35.5. The molecule has 0 aliphatic rings. The van der Waals surface area contributed by atoms with Gasteiger partial charge in [0.05, 0.1) is 21.3 Å². The molecular formula is C13H10Cl2N2O. The van der Waals surface area contributed by atoms with E-state index in [4.69, 9.17) is 23.2 Å². The number of hydrogen-bond donors (Lipinski definition) is 1. The van der Waals surface area contributed by atoms with Crippen molar-refractivity contribution in [1.29, 1.82) is 0 Å². The van der Waals surface area contributed by atoms with Crippen LogP contribution >= 0.6 is 23.2 Å². The fourth-order valence-electron chi connectivity index (χ4n) is 1.48. The third-order valence-electron chi connectivity index (χ3n) is 2.39. The van der Waals surface area contributed by atoms with Crippen LogP contribution < -0.4 is 5.32 Å². The van der Waals surface area contributed by atoms with Crippen molar-refractivity contribution in [2.75, 3.05) is 5.32 Å². The van der Waals surface area contributed by atoms with Gasteiger partial charge in [-0.1, -0.05) is 29.3 Å². The number of benzene rings is 1. The number of anilines is 1. The molecule has 2 rings (SSSR count). The zero-order chi connectivity index (χ0) is 13.1. The fourth-order valence-corrected chi connectivity index (χ4v) is 1.85. The van der Waals surface area contributed by atoms with Crippen molar-refractivity contribution in [3.63, 3.8) is 0 Å². The third-order valence-corrected chi connectivity index (χ3v) is 3.02. The first-order valence-electron chi connectivity index (χ1n) is 5.25. The molecule has 0 aliphatic heterocycles. The van der Waals surface area contributed by atoms with Crippen molar-refractivity contribution in [3.8, 4) is 0 Å². The van der Waals surface area contributed by atoms with Gasteiger partial charge in [0, 0.05) is 12.4 Å². The van der Waals surface area contributed by atoms with E-state index in [9.17, 15) is 4.79 Å². The Hall–Kier alpha value is -1.58. The van der Waals surface area contributed by atoms with Gasteiger partial charge in [-0.05, 0) is 30.7 Å². The van der Waals surface area contributed by atoms with E-state index in [1.807, 2.05) is 13.0 Å². The minimum absolute atomic E-state index is 0.304. The number of hydrogen-bond acceptors (Lipinski definition) is 2. The highest BCUT2D eigenvalue weighted by molar-refractivity contribution is 6.35. The van der Waals surface area contributed by atoms with Gasteiger partial charge in [0.2, 0.25) is 0 Å². The molecule has 1 heterocycles. The molecular weight excluding hydrogens is 271 g/mol. The van der Waals surface area contributed by atoms with Gasteiger partial charge in [-0.15, -0.1) is 0 Å². The maximum absolute atomic E-state index is 12.0. The molecule has 0 aliphatic carbocycles. The predicted molar refractivity (Wildman–Crippen MR) is 73.4 cm³/mol. The molecule has 0 radical (unpaired) electrons. The zero-order valence-corrected chi connectivity index (χ0v) is 11.1. The Balaban J connectivity index is 2.27. The molecule has 92 valence electrons. The number of nitrogens with zero attached hydrogens (tertiary/aromatic N) is 1. The molecule has 1 amide bonds. The van der Waals surface area contributed by atoms with Crippen LogP contribution in [0.2, 0.25) is 10.0 Å². The molecule has 18 heavy (non-hydrogen) atoms. The largest absolute Gasteiger partial charge is 0.321 e. The number of aryl methyl sites for hydroxylation is 1. The predicted octanol–water partition coefficient (Wildman–Crippen LogP) is 3.95. The Morgan fingerprint density at radius 2 is 2.00 bits per heavy atom. The van der Waals surface area contributed by atoms with Crippen LogP contribution in [-0.2, 0) is 0 Å². The molecule has 0 spiro atoms. The lowest BCUT2D eigenvalue weighted by molar-refractivity contribution is 0.102. The Morgan fingerprint density at radius 1 is 1.22 bits per heavy atom. The number of nitrogens with one attached hydrogen (secondary N) is 1. The fraction of sp³-hybridized carbons (Fsp3) is 0.0769. The summed E-state index contributed by atoms with van der Waals surface area (Å²) < 4.78 is 0. The molecule has 0 unspecified atom stereocenters. The van der Waals surface area contributed by atoms with Crippen molar-refractivity contribution in [2.45, 2.75) is 6.92 Å². The number of pyridine rings is 1. The molecule has 0 atom stereocenters. The van der Waals surface area contributed by atoms with Crippen molar-refractivity contribution in [3.05, 3.63) is 57.8 Å². The van der Waals surface area contributed by atoms with Gasteiger partial charge < -0.3 is 5.32 Å². The number of rotatable bonds is 2. The van der Waals surface area contributed by atoms with Crippen molar-refractivity contribution in [1.82, 2.24) is 4.98 Å². The van der Waals surface area contributed by atoms with Gasteiger partial charge in [-0.2, -0.15) is 0 Å². The van der Waals surface area contributed by atoms with Gasteiger partial charge in [0.25, 0.3) is 5.91 Å². The molecule has 0 saturated carbocycles. The van der Waals surface area contributed by atoms with Crippen molar-refractivity contribution >= 4 is 34.8 Å². The number of carbonyl (C=O) groups excluding carboxylic acids is 1. The Morgan fingerprint density at radius 3 is 2.72 bits per heavy atom. The minimum atomic E-state index is -0.310. The van der Waals surface area contributed by atoms with E-state index in [0.29, 0.717) is 21.3 Å². The van der Waals surface area contributed by atoms with E-state index in [2.05, 4.69) is 10.3 Å². The number of amides is 1. The number of carbonyl (C=O) groups is 1. The van der Waals surface area contributed by atoms with E-state index in [1.165, 1.54) is 12.4 Å². The lowest BCUT2D eigenvalue weighted by Gasteiger charge is -2.08. The molecule has 1 aromatic heterocycles. The second-order valence-corrected chi connectivity index (χ2v) is 4.61. The zero-order valence-electron chi connectivity index (χ0n) is 9.58. The first-order valence-corrected chi connectivity index (χ1v) is 6.00. The topological polar surface area (TPSA) is 42.0 Å². The highest BCUT2D eigenvalue weighted by Gasteiger charge is 2.11. The summed E-state index contributed by atoms with van der Waals surface area (Å²) in [5, 5.41) is 3.51. The molecule has 1 N–H and O–H groups in total. The lowest BCUT2D eigenvalue weighted by Crippen LogP contribution is -2.13. The first kappa shape index (κ1) is 12.9. The minimum Gasteiger partial charge on any atom is -0.321 e. The molecule has 0 bridgehead atoms. The van der Waals surface area contributed by atoms with E-state index in [-0.39, 0.29) is 5.91 Å². The standard InChI is InChI=1S/C13H10Cl2N2O/c1-8-2-3-10(14)12(6-8)17-13(18)9-4-5-16-7-11(9)15/h2-7H,1H3,(H,17,18). The Kier molecular flexibility index (Phi) is 3.84. The van der Waals surface area contributed by atoms with Crippen LogP contribution in [0.25, 0.3) is 0 Å². The summed E-state index contributed by atoms with van der Waals surface area (Å²) in [6.07, 6.45) is 2.94. The van der Waals surface area contributed by atoms with E-state index in [1.54, 1.807) is 18.2 Å². The molecule has 0 fully saturated rings. The van der Waals surface area contributed by atoms with Gasteiger partial charge in [-0.25, -0.2) is 0 Å². The van der Waals surface area contributed by atoms with Gasteiger partial charge in [-0.3, -0.25) is 9.78 Å². The maximum Gasteiger partial charge on any atom is 0.257 e. The van der Waals surface area contributed by atoms with Gasteiger partial charge in [0.1, 0.15) is 0 Å². The Labute approximate surface area is 115 Å². The average Bonchev–Trinajstić information content (AvgIpc) is 2.34. The van der Waals surface area contributed by atoms with Crippen LogP contribution in [0.1, 0.15) is 15.9 Å². The summed E-state index contributed by atoms with van der Waals surface area (Å²) >= 11 is 11.9. The van der Waals surface area contributed by atoms with Crippen molar-refractivity contribution < 1.29 is 4.79 Å². The van der Waals surface area contributed by atoms with E-state index >= 15 is 0 Å². The normalized spacial score (nSPS) is 10.2. The quantitative estimate of drug-likeness (QED) is 0.905. The number of aromatic nitrogens is 1. The summed E-state index contributed by atoms with van der Waals surface area (Å²) in [6, 6.07) is 6.97. The molecule has 5 heteroatoms. The second kappa shape index (κ2) is 5.38. The number of halogens is 2. The lowest BCUT2D eigenvalue weighted by atomic mass is 10.2. The summed E-state index contributed by atoms with van der Waals surface area (Å²) in [6.45, 7) is 1.92.